The van der Waals surface area contributed by atoms with E-state index in [-0.39, 0.29) is 5.97 Å². The number of esters is 1. The van der Waals surface area contributed by atoms with Crippen LogP contribution < -0.4 is 5.32 Å². The van der Waals surface area contributed by atoms with Crippen LogP contribution in [-0.2, 0) is 16.0 Å². The molecule has 1 aromatic rings. The van der Waals surface area contributed by atoms with E-state index in [2.05, 4.69) is 10.3 Å². The molecule has 0 saturated heterocycles. The van der Waals surface area contributed by atoms with Crippen molar-refractivity contribution in [3.63, 3.8) is 0 Å². The fourth-order valence-electron chi connectivity index (χ4n) is 1.75. The Morgan fingerprint density at radius 3 is 2.65 bits per heavy atom. The number of hydrogen-bond acceptors (Lipinski definition) is 4. The van der Waals surface area contributed by atoms with Gasteiger partial charge in [-0.15, -0.1) is 0 Å². The van der Waals surface area contributed by atoms with Crippen LogP contribution in [0.3, 0.4) is 0 Å². The number of ether oxygens (including phenoxy) is 2. The lowest BCUT2D eigenvalue weighted by Crippen LogP contribution is -2.19. The first-order valence-electron chi connectivity index (χ1n) is 5.57. The Hall–Kier alpha value is -1.33. The zero-order valence-corrected chi connectivity index (χ0v) is 10.8. The van der Waals surface area contributed by atoms with Crippen LogP contribution in [0.4, 0.5) is 0 Å². The van der Waals surface area contributed by atoms with E-state index in [1.54, 1.807) is 7.11 Å². The number of H-pyrrole nitrogens is 1. The molecular formula is C12H20N2O3. The third-order valence-corrected chi connectivity index (χ3v) is 2.77. The summed E-state index contributed by atoms with van der Waals surface area (Å²) < 4.78 is 9.67. The number of hydrogen-bond donors (Lipinski definition) is 2. The van der Waals surface area contributed by atoms with Crippen LogP contribution >= 0.6 is 0 Å². The molecular weight excluding hydrogens is 220 g/mol. The minimum Gasteiger partial charge on any atom is -0.464 e. The summed E-state index contributed by atoms with van der Waals surface area (Å²) in [6, 6.07) is 0. The van der Waals surface area contributed by atoms with E-state index in [0.29, 0.717) is 18.8 Å². The van der Waals surface area contributed by atoms with Crippen molar-refractivity contribution in [3.8, 4) is 0 Å². The molecule has 17 heavy (non-hydrogen) atoms. The molecule has 0 aliphatic carbocycles. The molecule has 0 amide bonds. The van der Waals surface area contributed by atoms with Gasteiger partial charge in [-0.2, -0.15) is 0 Å². The van der Waals surface area contributed by atoms with E-state index in [4.69, 9.17) is 9.47 Å². The van der Waals surface area contributed by atoms with Gasteiger partial charge in [0.25, 0.3) is 0 Å². The molecule has 0 atom stereocenters. The van der Waals surface area contributed by atoms with Gasteiger partial charge in [-0.1, -0.05) is 0 Å². The van der Waals surface area contributed by atoms with Gasteiger partial charge in [-0.3, -0.25) is 0 Å². The number of carbonyl (C=O) groups is 1. The summed E-state index contributed by atoms with van der Waals surface area (Å²) in [4.78, 5) is 14.5. The van der Waals surface area contributed by atoms with Crippen molar-refractivity contribution in [3.05, 3.63) is 22.5 Å². The molecule has 0 saturated carbocycles. The van der Waals surface area contributed by atoms with E-state index < -0.39 is 0 Å². The van der Waals surface area contributed by atoms with Gasteiger partial charge in [-0.25, -0.2) is 4.79 Å². The van der Waals surface area contributed by atoms with Crippen LogP contribution in [0.1, 0.15) is 27.3 Å². The molecule has 0 bridgehead atoms. The Balaban J connectivity index is 2.72. The average Bonchev–Trinajstić information content (AvgIpc) is 2.60. The smallest absolute Gasteiger partial charge is 0.354 e. The first kappa shape index (κ1) is 13.7. The normalized spacial score (nSPS) is 10.6. The third-order valence-electron chi connectivity index (χ3n) is 2.77. The standard InChI is InChI=1S/C12H20N2O3/c1-8-10(7-13-5-6-16-3)9(2)14-11(8)12(15)17-4/h13-14H,5-7H2,1-4H3. The van der Waals surface area contributed by atoms with Crippen molar-refractivity contribution in [1.82, 2.24) is 10.3 Å². The Morgan fingerprint density at radius 1 is 1.35 bits per heavy atom. The number of aromatic nitrogens is 1. The number of aromatic amines is 1. The average molecular weight is 240 g/mol. The minimum atomic E-state index is -0.325. The zero-order chi connectivity index (χ0) is 12.8. The van der Waals surface area contributed by atoms with Gasteiger partial charge in [-0.05, 0) is 25.0 Å². The molecule has 5 nitrogen and oxygen atoms in total. The Labute approximate surface area is 101 Å². The fraction of sp³-hybridized carbons (Fsp3) is 0.583. The van der Waals surface area contributed by atoms with Gasteiger partial charge in [0, 0.05) is 25.9 Å². The zero-order valence-electron chi connectivity index (χ0n) is 10.8. The van der Waals surface area contributed by atoms with Crippen LogP contribution in [0.5, 0.6) is 0 Å². The molecule has 0 spiro atoms. The highest BCUT2D eigenvalue weighted by Crippen LogP contribution is 2.18. The number of methoxy groups -OCH3 is 2. The molecule has 0 fully saturated rings. The summed E-state index contributed by atoms with van der Waals surface area (Å²) in [5.74, 6) is -0.325. The highest BCUT2D eigenvalue weighted by molar-refractivity contribution is 5.89. The lowest BCUT2D eigenvalue weighted by atomic mass is 10.1. The first-order chi connectivity index (χ1) is 8.11. The van der Waals surface area contributed by atoms with E-state index in [1.165, 1.54) is 7.11 Å². The van der Waals surface area contributed by atoms with Crippen molar-refractivity contribution in [2.45, 2.75) is 20.4 Å². The van der Waals surface area contributed by atoms with E-state index in [9.17, 15) is 4.79 Å². The maximum atomic E-state index is 11.5. The van der Waals surface area contributed by atoms with Gasteiger partial charge in [0.1, 0.15) is 5.69 Å². The molecule has 1 rings (SSSR count). The van der Waals surface area contributed by atoms with Crippen LogP contribution in [0.2, 0.25) is 0 Å². The van der Waals surface area contributed by atoms with E-state index in [0.717, 1.165) is 23.4 Å². The minimum absolute atomic E-state index is 0.325. The van der Waals surface area contributed by atoms with E-state index in [1.807, 2.05) is 13.8 Å². The van der Waals surface area contributed by atoms with Crippen molar-refractivity contribution in [2.24, 2.45) is 0 Å². The second-order valence-electron chi connectivity index (χ2n) is 3.89. The molecule has 0 aromatic carbocycles. The summed E-state index contributed by atoms with van der Waals surface area (Å²) in [5, 5.41) is 3.26. The summed E-state index contributed by atoms with van der Waals surface area (Å²) in [5.41, 5.74) is 3.59. The molecule has 0 unspecified atom stereocenters. The van der Waals surface area contributed by atoms with Gasteiger partial charge in [0.05, 0.1) is 13.7 Å². The number of aryl methyl sites for hydroxylation is 1. The Morgan fingerprint density at radius 2 is 2.06 bits per heavy atom. The Bertz CT molecular complexity index is 385. The monoisotopic (exact) mass is 240 g/mol. The van der Waals surface area contributed by atoms with Crippen molar-refractivity contribution in [1.29, 1.82) is 0 Å². The molecule has 1 heterocycles. The summed E-state index contributed by atoms with van der Waals surface area (Å²) in [6.07, 6.45) is 0. The quantitative estimate of drug-likeness (QED) is 0.578. The second-order valence-corrected chi connectivity index (χ2v) is 3.89. The van der Waals surface area contributed by atoms with Crippen molar-refractivity contribution >= 4 is 5.97 Å². The lowest BCUT2D eigenvalue weighted by molar-refractivity contribution is 0.0594. The third kappa shape index (κ3) is 3.31. The lowest BCUT2D eigenvalue weighted by Gasteiger charge is -2.05. The van der Waals surface area contributed by atoms with Gasteiger partial charge in [0.15, 0.2) is 0 Å². The number of carbonyl (C=O) groups excluding carboxylic acids is 1. The SMILES string of the molecule is COCCNCc1c(C)[nH]c(C(=O)OC)c1C. The largest absolute Gasteiger partial charge is 0.464 e. The number of nitrogens with one attached hydrogen (secondary N) is 2. The maximum Gasteiger partial charge on any atom is 0.354 e. The van der Waals surface area contributed by atoms with Crippen LogP contribution in [-0.4, -0.2) is 38.3 Å². The molecule has 96 valence electrons. The molecule has 2 N–H and O–H groups in total. The van der Waals surface area contributed by atoms with Crippen molar-refractivity contribution < 1.29 is 14.3 Å². The van der Waals surface area contributed by atoms with Crippen LogP contribution in [0, 0.1) is 13.8 Å². The van der Waals surface area contributed by atoms with Crippen LogP contribution in [0.15, 0.2) is 0 Å². The maximum absolute atomic E-state index is 11.5. The molecule has 0 radical (unpaired) electrons. The van der Waals surface area contributed by atoms with E-state index >= 15 is 0 Å². The Kier molecular flexibility index (Phi) is 5.18. The summed E-state index contributed by atoms with van der Waals surface area (Å²) in [6.45, 7) is 6.05. The predicted molar refractivity (Wildman–Crippen MR) is 65.2 cm³/mol. The number of rotatable bonds is 6. The molecule has 0 aliphatic heterocycles. The van der Waals surface area contributed by atoms with Crippen LogP contribution in [0.25, 0.3) is 0 Å². The predicted octanol–water partition coefficient (Wildman–Crippen LogP) is 1.15. The fourth-order valence-corrected chi connectivity index (χ4v) is 1.75. The molecule has 5 heteroatoms. The summed E-state index contributed by atoms with van der Waals surface area (Å²) in [7, 11) is 3.05. The highest BCUT2D eigenvalue weighted by Gasteiger charge is 2.16. The first-order valence-corrected chi connectivity index (χ1v) is 5.57. The van der Waals surface area contributed by atoms with Gasteiger partial charge >= 0.3 is 5.97 Å². The van der Waals surface area contributed by atoms with Gasteiger partial charge < -0.3 is 19.8 Å². The topological polar surface area (TPSA) is 63.3 Å². The highest BCUT2D eigenvalue weighted by atomic mass is 16.5. The van der Waals surface area contributed by atoms with Gasteiger partial charge in [0.2, 0.25) is 0 Å². The summed E-state index contributed by atoms with van der Waals surface area (Å²) >= 11 is 0. The molecule has 0 aliphatic rings. The molecule has 1 aromatic heterocycles. The second kappa shape index (κ2) is 6.42. The van der Waals surface area contributed by atoms with Crippen molar-refractivity contribution in [2.75, 3.05) is 27.4 Å².